The summed E-state index contributed by atoms with van der Waals surface area (Å²) in [4.78, 5) is 8.67. The molecule has 1 fully saturated rings. The fraction of sp³-hybridized carbons (Fsp3) is 0.381. The van der Waals surface area contributed by atoms with Gasteiger partial charge < -0.3 is 24.0 Å². The molecule has 0 amide bonds. The third-order valence-electron chi connectivity index (χ3n) is 5.59. The van der Waals surface area contributed by atoms with Crippen molar-refractivity contribution < 1.29 is 18.6 Å². The van der Waals surface area contributed by atoms with Crippen LogP contribution in [0.5, 0.6) is 11.6 Å². The molecule has 162 valence electrons. The van der Waals surface area contributed by atoms with E-state index in [1.807, 2.05) is 16.7 Å². The van der Waals surface area contributed by atoms with Gasteiger partial charge in [-0.2, -0.15) is 0 Å². The molecular weight excluding hydrogens is 403 g/mol. The highest BCUT2D eigenvalue weighted by molar-refractivity contribution is 5.62. The van der Waals surface area contributed by atoms with Crippen LogP contribution in [0.15, 0.2) is 36.5 Å². The van der Waals surface area contributed by atoms with Gasteiger partial charge in [0.1, 0.15) is 13.2 Å². The third-order valence-corrected chi connectivity index (χ3v) is 5.59. The first kappa shape index (κ1) is 19.6. The Kier molecular flexibility index (Phi) is 5.06. The van der Waals surface area contributed by atoms with E-state index in [-0.39, 0.29) is 11.9 Å². The Morgan fingerprint density at radius 3 is 2.77 bits per heavy atom. The summed E-state index contributed by atoms with van der Waals surface area (Å²) in [6.45, 7) is 3.00. The number of nitrogens with zero attached hydrogens (tertiary/aromatic N) is 6. The number of hydrogen-bond acceptors (Lipinski definition) is 8. The van der Waals surface area contributed by atoms with Crippen LogP contribution in [0, 0.1) is 5.82 Å². The molecule has 9 nitrogen and oxygen atoms in total. The van der Waals surface area contributed by atoms with Crippen molar-refractivity contribution in [2.75, 3.05) is 50.3 Å². The van der Waals surface area contributed by atoms with Gasteiger partial charge in [0.05, 0.1) is 37.3 Å². The number of fused-ring (bicyclic) bond motifs is 1. The maximum Gasteiger partial charge on any atom is 0.232 e. The highest BCUT2D eigenvalue weighted by Crippen LogP contribution is 2.37. The SMILES string of the molecule is COCc1nnc(N2CC(N3CCOc4c(F)cccc43)C2)n1-c1ccc(OC)nc1. The van der Waals surface area contributed by atoms with E-state index in [2.05, 4.69) is 25.0 Å². The van der Waals surface area contributed by atoms with E-state index >= 15 is 0 Å². The minimum atomic E-state index is -0.325. The lowest BCUT2D eigenvalue weighted by molar-refractivity contribution is 0.176. The maximum atomic E-state index is 14.1. The Hall–Kier alpha value is -3.40. The van der Waals surface area contributed by atoms with Crippen LogP contribution < -0.4 is 19.3 Å². The highest BCUT2D eigenvalue weighted by atomic mass is 19.1. The molecule has 0 unspecified atom stereocenters. The molecule has 4 heterocycles. The van der Waals surface area contributed by atoms with Gasteiger partial charge in [0.2, 0.25) is 11.8 Å². The van der Waals surface area contributed by atoms with Crippen LogP contribution in [0.4, 0.5) is 16.0 Å². The number of benzene rings is 1. The van der Waals surface area contributed by atoms with E-state index in [1.54, 1.807) is 32.5 Å². The molecule has 10 heteroatoms. The zero-order chi connectivity index (χ0) is 21.4. The zero-order valence-corrected chi connectivity index (χ0v) is 17.4. The van der Waals surface area contributed by atoms with E-state index in [0.717, 1.165) is 37.0 Å². The molecule has 1 saturated heterocycles. The van der Waals surface area contributed by atoms with Crippen molar-refractivity contribution >= 4 is 11.6 Å². The minimum absolute atomic E-state index is 0.231. The molecular formula is C21H23FN6O3. The molecule has 2 aliphatic heterocycles. The van der Waals surface area contributed by atoms with Crippen molar-refractivity contribution in [1.82, 2.24) is 19.7 Å². The number of rotatable bonds is 6. The first-order chi connectivity index (χ1) is 15.2. The second kappa shape index (κ2) is 8.03. The summed E-state index contributed by atoms with van der Waals surface area (Å²) in [7, 11) is 3.21. The largest absolute Gasteiger partial charge is 0.486 e. The third kappa shape index (κ3) is 3.42. The van der Waals surface area contributed by atoms with Crippen molar-refractivity contribution in [2.24, 2.45) is 0 Å². The average Bonchev–Trinajstić information content (AvgIpc) is 3.17. The quantitative estimate of drug-likeness (QED) is 0.593. The molecule has 0 radical (unpaired) electrons. The molecule has 0 spiro atoms. The number of para-hydroxylation sites is 1. The first-order valence-corrected chi connectivity index (χ1v) is 10.1. The van der Waals surface area contributed by atoms with Crippen molar-refractivity contribution in [2.45, 2.75) is 12.6 Å². The fourth-order valence-electron chi connectivity index (χ4n) is 4.05. The molecule has 0 aliphatic carbocycles. The van der Waals surface area contributed by atoms with Crippen molar-refractivity contribution in [3.8, 4) is 17.3 Å². The van der Waals surface area contributed by atoms with Crippen LogP contribution in [-0.2, 0) is 11.3 Å². The lowest BCUT2D eigenvalue weighted by atomic mass is 10.1. The summed E-state index contributed by atoms with van der Waals surface area (Å²) >= 11 is 0. The molecule has 2 aromatic heterocycles. The number of pyridine rings is 1. The molecule has 0 N–H and O–H groups in total. The minimum Gasteiger partial charge on any atom is -0.486 e. The monoisotopic (exact) mass is 426 g/mol. The second-order valence-electron chi connectivity index (χ2n) is 7.43. The zero-order valence-electron chi connectivity index (χ0n) is 17.4. The fourth-order valence-corrected chi connectivity index (χ4v) is 4.05. The van der Waals surface area contributed by atoms with Crippen LogP contribution in [0.25, 0.3) is 5.69 Å². The lowest BCUT2D eigenvalue weighted by Gasteiger charge is -2.48. The Labute approximate surface area is 179 Å². The Balaban J connectivity index is 1.39. The summed E-state index contributed by atoms with van der Waals surface area (Å²) in [5, 5.41) is 8.73. The Morgan fingerprint density at radius 1 is 1.16 bits per heavy atom. The van der Waals surface area contributed by atoms with Crippen LogP contribution in [0.3, 0.4) is 0 Å². The maximum absolute atomic E-state index is 14.1. The van der Waals surface area contributed by atoms with Gasteiger partial charge in [-0.3, -0.25) is 4.57 Å². The van der Waals surface area contributed by atoms with Gasteiger partial charge in [0.15, 0.2) is 17.4 Å². The number of ether oxygens (including phenoxy) is 3. The summed E-state index contributed by atoms with van der Waals surface area (Å²) in [6.07, 6.45) is 1.73. The molecule has 0 saturated carbocycles. The van der Waals surface area contributed by atoms with Crippen molar-refractivity contribution in [1.29, 1.82) is 0 Å². The van der Waals surface area contributed by atoms with E-state index in [0.29, 0.717) is 30.7 Å². The predicted octanol–water partition coefficient (Wildman–Crippen LogP) is 2.04. The van der Waals surface area contributed by atoms with Crippen molar-refractivity contribution in [3.63, 3.8) is 0 Å². The highest BCUT2D eigenvalue weighted by Gasteiger charge is 2.38. The summed E-state index contributed by atoms with van der Waals surface area (Å²) in [5.41, 5.74) is 1.63. The molecule has 0 atom stereocenters. The predicted molar refractivity (Wildman–Crippen MR) is 112 cm³/mol. The summed E-state index contributed by atoms with van der Waals surface area (Å²) in [5.74, 6) is 1.96. The van der Waals surface area contributed by atoms with Crippen LogP contribution in [0.1, 0.15) is 5.82 Å². The molecule has 3 aromatic rings. The summed E-state index contributed by atoms with van der Waals surface area (Å²) < 4.78 is 32.1. The van der Waals surface area contributed by atoms with Gasteiger partial charge in [-0.1, -0.05) is 6.07 Å². The Morgan fingerprint density at radius 2 is 2.03 bits per heavy atom. The van der Waals surface area contributed by atoms with Crippen molar-refractivity contribution in [3.05, 3.63) is 48.2 Å². The van der Waals surface area contributed by atoms with Gasteiger partial charge in [0.25, 0.3) is 0 Å². The smallest absolute Gasteiger partial charge is 0.232 e. The average molecular weight is 426 g/mol. The van der Waals surface area contributed by atoms with Gasteiger partial charge in [-0.15, -0.1) is 10.2 Å². The van der Waals surface area contributed by atoms with Crippen LogP contribution in [-0.4, -0.2) is 66.3 Å². The molecule has 1 aromatic carbocycles. The second-order valence-corrected chi connectivity index (χ2v) is 7.43. The van der Waals surface area contributed by atoms with E-state index < -0.39 is 0 Å². The molecule has 0 bridgehead atoms. The normalized spacial score (nSPS) is 16.0. The number of aromatic nitrogens is 4. The first-order valence-electron chi connectivity index (χ1n) is 10.1. The van der Waals surface area contributed by atoms with Gasteiger partial charge >= 0.3 is 0 Å². The molecule has 5 rings (SSSR count). The molecule has 2 aliphatic rings. The topological polar surface area (TPSA) is 77.8 Å². The summed E-state index contributed by atoms with van der Waals surface area (Å²) in [6, 6.07) is 9.00. The lowest BCUT2D eigenvalue weighted by Crippen LogP contribution is -2.61. The number of anilines is 2. The standard InChI is InChI=1S/C21H23FN6O3/c1-29-13-18-24-25-21(28(18)14-6-7-19(30-2)23-10-14)26-11-15(12-26)27-8-9-31-20-16(22)4-3-5-17(20)27/h3-7,10,15H,8-9,11-13H2,1-2H3. The van der Waals surface area contributed by atoms with E-state index in [4.69, 9.17) is 14.2 Å². The van der Waals surface area contributed by atoms with Gasteiger partial charge in [-0.25, -0.2) is 9.37 Å². The number of halogens is 1. The van der Waals surface area contributed by atoms with E-state index in [1.165, 1.54) is 6.07 Å². The van der Waals surface area contributed by atoms with Crippen LogP contribution >= 0.6 is 0 Å². The van der Waals surface area contributed by atoms with Gasteiger partial charge in [-0.05, 0) is 18.2 Å². The molecule has 31 heavy (non-hydrogen) atoms. The number of methoxy groups -OCH3 is 2. The van der Waals surface area contributed by atoms with E-state index in [9.17, 15) is 4.39 Å². The Bertz CT molecular complexity index is 1070. The van der Waals surface area contributed by atoms with Gasteiger partial charge in [0, 0.05) is 26.3 Å². The number of hydrogen-bond donors (Lipinski definition) is 0. The van der Waals surface area contributed by atoms with Crippen LogP contribution in [0.2, 0.25) is 0 Å².